The summed E-state index contributed by atoms with van der Waals surface area (Å²) in [5, 5.41) is 14.1. The van der Waals surface area contributed by atoms with Gasteiger partial charge in [0.2, 0.25) is 5.91 Å². The van der Waals surface area contributed by atoms with Crippen LogP contribution in [0.25, 0.3) is 9.40 Å². The fourth-order valence-corrected chi connectivity index (χ4v) is 8.57. The Kier molecular flexibility index (Phi) is 6.52. The van der Waals surface area contributed by atoms with Crippen LogP contribution in [-0.2, 0) is 20.8 Å². The number of fused-ring (bicyclic) bond motifs is 2. The fraction of sp³-hybridized carbons (Fsp3) is 0.217. The third kappa shape index (κ3) is 4.40. The maximum absolute atomic E-state index is 12.8. The highest BCUT2D eigenvalue weighted by atomic mass is 32.2. The summed E-state index contributed by atoms with van der Waals surface area (Å²) in [6.07, 6.45) is 0.156. The SMILES string of the molecule is O=C(Cc1ccccc1)NC1C(=O)N2C(C(=O)O)=C(CSc3cc(=O)c4sccc4s3)CSC12. The third-order valence-corrected chi connectivity index (χ3v) is 10.3. The molecular weight excluding hydrogens is 513 g/mol. The van der Waals surface area contributed by atoms with Crippen LogP contribution in [0.5, 0.6) is 0 Å². The maximum atomic E-state index is 12.8. The molecular formula is C23H18N2O5S4. The number of amides is 2. The van der Waals surface area contributed by atoms with Crippen molar-refractivity contribution in [2.24, 2.45) is 0 Å². The molecule has 0 spiro atoms. The van der Waals surface area contributed by atoms with Crippen LogP contribution in [0.3, 0.4) is 0 Å². The normalized spacial score (nSPS) is 19.6. The van der Waals surface area contributed by atoms with E-state index in [1.54, 1.807) is 6.07 Å². The van der Waals surface area contributed by atoms with Crippen molar-refractivity contribution in [3.8, 4) is 0 Å². The number of nitrogens with zero attached hydrogens (tertiary/aromatic N) is 1. The summed E-state index contributed by atoms with van der Waals surface area (Å²) in [4.78, 5) is 50.9. The molecule has 0 radical (unpaired) electrons. The predicted octanol–water partition coefficient (Wildman–Crippen LogP) is 3.40. The molecule has 7 nitrogen and oxygen atoms in total. The van der Waals surface area contributed by atoms with Gasteiger partial charge in [-0.05, 0) is 22.6 Å². The molecule has 1 fully saturated rings. The number of carbonyl (C=O) groups excluding carboxylic acids is 2. The molecule has 2 amide bonds. The third-order valence-electron chi connectivity index (χ3n) is 5.47. The zero-order chi connectivity index (χ0) is 23.8. The summed E-state index contributed by atoms with van der Waals surface area (Å²) >= 11 is 5.75. The van der Waals surface area contributed by atoms with Gasteiger partial charge in [0.1, 0.15) is 17.1 Å². The molecule has 174 valence electrons. The largest absolute Gasteiger partial charge is 0.477 e. The van der Waals surface area contributed by atoms with Gasteiger partial charge in [-0.1, -0.05) is 30.3 Å². The first-order valence-corrected chi connectivity index (χ1v) is 14.0. The zero-order valence-corrected chi connectivity index (χ0v) is 20.8. The Hall–Kier alpha value is -2.60. The second-order valence-electron chi connectivity index (χ2n) is 7.71. The second kappa shape index (κ2) is 9.57. The number of benzene rings is 1. The molecule has 2 unspecified atom stereocenters. The summed E-state index contributed by atoms with van der Waals surface area (Å²) in [5.74, 6) is -1.05. The molecule has 2 aliphatic heterocycles. The van der Waals surface area contributed by atoms with Crippen molar-refractivity contribution in [3.05, 3.63) is 74.9 Å². The van der Waals surface area contributed by atoms with E-state index in [4.69, 9.17) is 0 Å². The summed E-state index contributed by atoms with van der Waals surface area (Å²) < 4.78 is 2.45. The Labute approximate surface area is 210 Å². The molecule has 0 bridgehead atoms. The number of carboxylic acid groups (broad SMARTS) is 1. The first-order valence-electron chi connectivity index (χ1n) is 10.3. The number of carbonyl (C=O) groups is 3. The molecule has 2 atom stereocenters. The highest BCUT2D eigenvalue weighted by molar-refractivity contribution is 8.02. The van der Waals surface area contributed by atoms with Gasteiger partial charge in [-0.2, -0.15) is 0 Å². The number of hydrogen-bond donors (Lipinski definition) is 2. The first-order chi connectivity index (χ1) is 16.4. The summed E-state index contributed by atoms with van der Waals surface area (Å²) in [6.45, 7) is 0. The minimum Gasteiger partial charge on any atom is -0.477 e. The molecule has 2 aliphatic rings. The van der Waals surface area contributed by atoms with Crippen molar-refractivity contribution in [1.29, 1.82) is 0 Å². The average Bonchev–Trinajstić information content (AvgIpc) is 3.30. The van der Waals surface area contributed by atoms with Crippen LogP contribution < -0.4 is 10.7 Å². The Morgan fingerprint density at radius 2 is 1.97 bits per heavy atom. The van der Waals surface area contributed by atoms with Gasteiger partial charge in [0.05, 0.1) is 20.0 Å². The van der Waals surface area contributed by atoms with Crippen molar-refractivity contribution in [2.75, 3.05) is 11.5 Å². The Morgan fingerprint density at radius 3 is 2.74 bits per heavy atom. The lowest BCUT2D eigenvalue weighted by Gasteiger charge is -2.49. The lowest BCUT2D eigenvalue weighted by atomic mass is 10.0. The Balaban J connectivity index is 1.29. The Morgan fingerprint density at radius 1 is 1.18 bits per heavy atom. The molecule has 0 saturated carbocycles. The van der Waals surface area contributed by atoms with Crippen molar-refractivity contribution in [3.63, 3.8) is 0 Å². The summed E-state index contributed by atoms with van der Waals surface area (Å²) in [5.41, 5.74) is 1.42. The highest BCUT2D eigenvalue weighted by Gasteiger charge is 2.54. The van der Waals surface area contributed by atoms with E-state index in [-0.39, 0.29) is 23.5 Å². The maximum Gasteiger partial charge on any atom is 0.352 e. The second-order valence-corrected chi connectivity index (χ2v) is 12.1. The molecule has 1 saturated heterocycles. The number of nitrogens with one attached hydrogen (secondary N) is 1. The van der Waals surface area contributed by atoms with Gasteiger partial charge in [0.25, 0.3) is 5.91 Å². The molecule has 11 heteroatoms. The fourth-order valence-electron chi connectivity index (χ4n) is 3.90. The van der Waals surface area contributed by atoms with Gasteiger partial charge in [-0.25, -0.2) is 4.79 Å². The van der Waals surface area contributed by atoms with Crippen molar-refractivity contribution in [2.45, 2.75) is 22.0 Å². The van der Waals surface area contributed by atoms with E-state index in [1.165, 1.54) is 51.1 Å². The predicted molar refractivity (Wildman–Crippen MR) is 137 cm³/mol. The number of thioether (sulfide) groups is 2. The molecule has 2 aromatic heterocycles. The van der Waals surface area contributed by atoms with Gasteiger partial charge in [-0.3, -0.25) is 19.3 Å². The minimum atomic E-state index is -1.16. The quantitative estimate of drug-likeness (QED) is 0.356. The zero-order valence-electron chi connectivity index (χ0n) is 17.6. The van der Waals surface area contributed by atoms with Crippen LogP contribution in [0, 0.1) is 0 Å². The van der Waals surface area contributed by atoms with Crippen LogP contribution in [0.4, 0.5) is 0 Å². The monoisotopic (exact) mass is 530 g/mol. The molecule has 3 aromatic rings. The lowest BCUT2D eigenvalue weighted by molar-refractivity contribution is -0.150. The Bertz CT molecular complexity index is 1380. The van der Waals surface area contributed by atoms with Gasteiger partial charge in [0.15, 0.2) is 5.43 Å². The highest BCUT2D eigenvalue weighted by Crippen LogP contribution is 2.42. The number of carboxylic acids is 1. The molecule has 4 heterocycles. The van der Waals surface area contributed by atoms with E-state index in [2.05, 4.69) is 5.32 Å². The van der Waals surface area contributed by atoms with E-state index >= 15 is 0 Å². The van der Waals surface area contributed by atoms with E-state index in [0.717, 1.165) is 19.2 Å². The van der Waals surface area contributed by atoms with Crippen LogP contribution in [-0.4, -0.2) is 50.7 Å². The van der Waals surface area contributed by atoms with Gasteiger partial charge >= 0.3 is 5.97 Å². The van der Waals surface area contributed by atoms with Crippen LogP contribution in [0.15, 0.2) is 68.1 Å². The van der Waals surface area contributed by atoms with E-state index < -0.39 is 23.3 Å². The molecule has 0 aliphatic carbocycles. The van der Waals surface area contributed by atoms with E-state index in [0.29, 0.717) is 17.1 Å². The summed E-state index contributed by atoms with van der Waals surface area (Å²) in [6, 6.07) is 12.0. The molecule has 2 N–H and O–H groups in total. The number of rotatable bonds is 7. The topological polar surface area (TPSA) is 104 Å². The van der Waals surface area contributed by atoms with Crippen LogP contribution in [0.1, 0.15) is 5.56 Å². The molecule has 34 heavy (non-hydrogen) atoms. The van der Waals surface area contributed by atoms with Crippen LogP contribution >= 0.6 is 46.2 Å². The smallest absolute Gasteiger partial charge is 0.352 e. The average molecular weight is 531 g/mol. The first kappa shape index (κ1) is 23.2. The standard InChI is InChI=1S/C23H18N2O5S4/c26-14-9-17(34-15-6-7-31-20(14)15)32-10-13-11-33-22-18(21(28)25(22)19(13)23(29)30)24-16(27)8-12-4-2-1-3-5-12/h1-7,9,18,22H,8,10-11H2,(H,24,27)(H,29,30). The van der Waals surface area contributed by atoms with E-state index in [1.807, 2.05) is 41.8 Å². The number of thiophene rings is 1. The van der Waals surface area contributed by atoms with E-state index in [9.17, 15) is 24.3 Å². The number of hydrogen-bond acceptors (Lipinski definition) is 8. The van der Waals surface area contributed by atoms with Gasteiger partial charge < -0.3 is 10.4 Å². The molecule has 5 rings (SSSR count). The van der Waals surface area contributed by atoms with Crippen molar-refractivity contribution < 1.29 is 19.5 Å². The lowest BCUT2D eigenvalue weighted by Crippen LogP contribution is -2.70. The van der Waals surface area contributed by atoms with Gasteiger partial charge in [0, 0.05) is 17.6 Å². The summed E-state index contributed by atoms with van der Waals surface area (Å²) in [7, 11) is 0. The van der Waals surface area contributed by atoms with Crippen molar-refractivity contribution >= 4 is 73.4 Å². The van der Waals surface area contributed by atoms with Crippen molar-refractivity contribution in [1.82, 2.24) is 10.2 Å². The van der Waals surface area contributed by atoms with Gasteiger partial charge in [-0.15, -0.1) is 46.2 Å². The number of aliphatic carboxylic acids is 1. The minimum absolute atomic E-state index is 0.0150. The van der Waals surface area contributed by atoms with Crippen LogP contribution in [0.2, 0.25) is 0 Å². The number of β-lactam (4-membered cyclic amide) rings is 1. The molecule has 1 aromatic carbocycles.